The van der Waals surface area contributed by atoms with Gasteiger partial charge in [-0.3, -0.25) is 9.59 Å². The van der Waals surface area contributed by atoms with Crippen LogP contribution in [0.4, 0.5) is 0 Å². The summed E-state index contributed by atoms with van der Waals surface area (Å²) in [6.45, 7) is 3.74. The topological polar surface area (TPSA) is 81.5 Å². The Bertz CT molecular complexity index is 884. The Labute approximate surface area is 209 Å². The molecule has 0 aliphatic rings. The van der Waals surface area contributed by atoms with Crippen molar-refractivity contribution in [2.24, 2.45) is 0 Å². The summed E-state index contributed by atoms with van der Waals surface area (Å²) < 4.78 is 21.4. The minimum absolute atomic E-state index is 0.00987. The molecule has 0 aliphatic heterocycles. The molecule has 194 valence electrons. The van der Waals surface area contributed by atoms with Crippen molar-refractivity contribution in [3.63, 3.8) is 0 Å². The Kier molecular flexibility index (Phi) is 12.8. The Morgan fingerprint density at radius 3 is 2.37 bits per heavy atom. The average molecular weight is 489 g/mol. The van der Waals surface area contributed by atoms with Gasteiger partial charge in [0.25, 0.3) is 0 Å². The number of rotatable bonds is 17. The molecule has 0 aliphatic carbocycles. The predicted molar refractivity (Wildman–Crippen MR) is 135 cm³/mol. The highest BCUT2D eigenvalue weighted by atomic mass is 16.5. The van der Waals surface area contributed by atoms with Gasteiger partial charge in [0.2, 0.25) is 11.8 Å². The highest BCUT2D eigenvalue weighted by Crippen LogP contribution is 2.27. The van der Waals surface area contributed by atoms with E-state index in [1.807, 2.05) is 24.3 Å². The largest absolute Gasteiger partial charge is 0.493 e. The number of ether oxygens (including phenoxy) is 3. The van der Waals surface area contributed by atoms with E-state index in [0.717, 1.165) is 31.2 Å². The average Bonchev–Trinajstić information content (AvgIpc) is 3.39. The Balaban J connectivity index is 2.09. The fraction of sp³-hybridized carbons (Fsp3) is 0.556. The van der Waals surface area contributed by atoms with E-state index >= 15 is 0 Å². The van der Waals surface area contributed by atoms with Gasteiger partial charge in [-0.2, -0.15) is 0 Å². The molecule has 0 saturated heterocycles. The van der Waals surface area contributed by atoms with Crippen molar-refractivity contribution in [3.05, 3.63) is 47.9 Å². The van der Waals surface area contributed by atoms with Gasteiger partial charge in [-0.15, -0.1) is 0 Å². The molecule has 0 N–H and O–H groups in total. The normalized spacial score (nSPS) is 10.7. The second kappa shape index (κ2) is 15.8. The molecule has 1 heterocycles. The van der Waals surface area contributed by atoms with Crippen LogP contribution in [0.1, 0.15) is 50.4 Å². The molecule has 0 fully saturated rings. The van der Waals surface area contributed by atoms with Crippen LogP contribution in [0.15, 0.2) is 41.0 Å². The van der Waals surface area contributed by atoms with Crippen molar-refractivity contribution in [2.45, 2.75) is 52.0 Å². The highest BCUT2D eigenvalue weighted by Gasteiger charge is 2.22. The van der Waals surface area contributed by atoms with Crippen LogP contribution in [0.25, 0.3) is 0 Å². The molecule has 0 saturated carbocycles. The smallest absolute Gasteiger partial charge is 0.242 e. The second-order valence-electron chi connectivity index (χ2n) is 8.45. The molecule has 0 bridgehead atoms. The SMILES string of the molecule is CCCCCCC(=O)N(CCOC)CC(=O)N(CCc1ccc(OC)c(OC)c1)Cc1ccco1. The maximum atomic E-state index is 13.4. The van der Waals surface area contributed by atoms with Gasteiger partial charge < -0.3 is 28.4 Å². The molecule has 1 aromatic carbocycles. The van der Waals surface area contributed by atoms with Crippen molar-refractivity contribution in [1.82, 2.24) is 9.80 Å². The highest BCUT2D eigenvalue weighted by molar-refractivity contribution is 5.84. The van der Waals surface area contributed by atoms with Crippen LogP contribution in [0.5, 0.6) is 11.5 Å². The molecule has 8 heteroatoms. The number of carbonyl (C=O) groups is 2. The van der Waals surface area contributed by atoms with Gasteiger partial charge in [-0.25, -0.2) is 0 Å². The third-order valence-corrected chi connectivity index (χ3v) is 5.89. The number of nitrogens with zero attached hydrogens (tertiary/aromatic N) is 2. The van der Waals surface area contributed by atoms with Crippen LogP contribution in [0.2, 0.25) is 0 Å². The zero-order valence-electron chi connectivity index (χ0n) is 21.6. The Morgan fingerprint density at radius 1 is 0.914 bits per heavy atom. The first-order chi connectivity index (χ1) is 17.0. The lowest BCUT2D eigenvalue weighted by molar-refractivity contribution is -0.141. The first-order valence-electron chi connectivity index (χ1n) is 12.3. The fourth-order valence-electron chi connectivity index (χ4n) is 3.80. The zero-order valence-corrected chi connectivity index (χ0v) is 21.6. The number of hydrogen-bond donors (Lipinski definition) is 0. The third kappa shape index (κ3) is 9.64. The van der Waals surface area contributed by atoms with Gasteiger partial charge in [0.05, 0.1) is 40.2 Å². The molecular formula is C27H40N2O6. The summed E-state index contributed by atoms with van der Waals surface area (Å²) in [4.78, 5) is 29.6. The maximum absolute atomic E-state index is 13.4. The third-order valence-electron chi connectivity index (χ3n) is 5.89. The van der Waals surface area contributed by atoms with Gasteiger partial charge in [-0.1, -0.05) is 32.3 Å². The van der Waals surface area contributed by atoms with E-state index in [1.54, 1.807) is 43.5 Å². The van der Waals surface area contributed by atoms with E-state index in [2.05, 4.69) is 6.92 Å². The molecular weight excluding hydrogens is 448 g/mol. The van der Waals surface area contributed by atoms with Crippen molar-refractivity contribution in [2.75, 3.05) is 47.6 Å². The first-order valence-corrected chi connectivity index (χ1v) is 12.3. The number of amides is 2. The zero-order chi connectivity index (χ0) is 25.5. The van der Waals surface area contributed by atoms with E-state index in [4.69, 9.17) is 18.6 Å². The van der Waals surface area contributed by atoms with E-state index in [9.17, 15) is 9.59 Å². The Morgan fingerprint density at radius 2 is 1.71 bits per heavy atom. The summed E-state index contributed by atoms with van der Waals surface area (Å²) >= 11 is 0. The monoisotopic (exact) mass is 488 g/mol. The van der Waals surface area contributed by atoms with Crippen molar-refractivity contribution in [3.8, 4) is 11.5 Å². The number of methoxy groups -OCH3 is 3. The number of furan rings is 1. The number of hydrogen-bond acceptors (Lipinski definition) is 6. The van der Waals surface area contributed by atoms with E-state index in [1.165, 1.54) is 0 Å². The molecule has 0 atom stereocenters. The van der Waals surface area contributed by atoms with Gasteiger partial charge in [-0.05, 0) is 42.7 Å². The van der Waals surface area contributed by atoms with E-state index < -0.39 is 0 Å². The second-order valence-corrected chi connectivity index (χ2v) is 8.45. The summed E-state index contributed by atoms with van der Waals surface area (Å²) in [6.07, 6.45) is 6.73. The summed E-state index contributed by atoms with van der Waals surface area (Å²) in [5.41, 5.74) is 1.02. The molecule has 0 spiro atoms. The number of benzene rings is 1. The number of carbonyl (C=O) groups excluding carboxylic acids is 2. The Hall–Kier alpha value is -3.00. The predicted octanol–water partition coefficient (Wildman–Crippen LogP) is 4.31. The van der Waals surface area contributed by atoms with E-state index in [0.29, 0.717) is 56.3 Å². The van der Waals surface area contributed by atoms with Crippen molar-refractivity contribution in [1.29, 1.82) is 0 Å². The molecule has 35 heavy (non-hydrogen) atoms. The van der Waals surface area contributed by atoms with E-state index in [-0.39, 0.29) is 18.4 Å². The molecule has 0 radical (unpaired) electrons. The van der Waals surface area contributed by atoms with Crippen LogP contribution in [0.3, 0.4) is 0 Å². The minimum atomic E-state index is -0.125. The summed E-state index contributed by atoms with van der Waals surface area (Å²) in [6, 6.07) is 9.38. The molecule has 2 amide bonds. The molecule has 2 rings (SSSR count). The summed E-state index contributed by atoms with van der Waals surface area (Å²) in [5, 5.41) is 0. The van der Waals surface area contributed by atoms with Crippen molar-refractivity contribution >= 4 is 11.8 Å². The molecule has 1 aromatic heterocycles. The molecule has 8 nitrogen and oxygen atoms in total. The molecule has 0 unspecified atom stereocenters. The van der Waals surface area contributed by atoms with Gasteiger partial charge in [0.1, 0.15) is 5.76 Å². The van der Waals surface area contributed by atoms with Crippen LogP contribution in [0, 0.1) is 0 Å². The summed E-state index contributed by atoms with van der Waals surface area (Å²) in [7, 11) is 4.79. The fourth-order valence-corrected chi connectivity index (χ4v) is 3.80. The van der Waals surface area contributed by atoms with Crippen LogP contribution in [-0.4, -0.2) is 69.2 Å². The summed E-state index contributed by atoms with van der Waals surface area (Å²) in [5.74, 6) is 1.86. The lowest BCUT2D eigenvalue weighted by Crippen LogP contribution is -2.44. The standard InChI is InChI=1S/C27H40N2O6/c1-5-6-7-8-11-26(30)29(16-18-32-2)21-27(31)28(20-23-10-9-17-35-23)15-14-22-12-13-24(33-3)25(19-22)34-4/h9-10,12-13,17,19H,5-8,11,14-16,18,20-21H2,1-4H3. The van der Waals surface area contributed by atoms with Gasteiger partial charge in [0.15, 0.2) is 11.5 Å². The quantitative estimate of drug-likeness (QED) is 0.309. The van der Waals surface area contributed by atoms with Crippen molar-refractivity contribution < 1.29 is 28.2 Å². The molecule has 2 aromatic rings. The minimum Gasteiger partial charge on any atom is -0.493 e. The van der Waals surface area contributed by atoms with Crippen LogP contribution in [-0.2, 0) is 27.3 Å². The van der Waals surface area contributed by atoms with Gasteiger partial charge in [0, 0.05) is 26.6 Å². The lowest BCUT2D eigenvalue weighted by atomic mass is 10.1. The lowest BCUT2D eigenvalue weighted by Gasteiger charge is -2.27. The van der Waals surface area contributed by atoms with Gasteiger partial charge >= 0.3 is 0 Å². The number of unbranched alkanes of at least 4 members (excludes halogenated alkanes) is 3. The van der Waals surface area contributed by atoms with Crippen LogP contribution >= 0.6 is 0 Å². The van der Waals surface area contributed by atoms with Crippen LogP contribution < -0.4 is 9.47 Å². The maximum Gasteiger partial charge on any atom is 0.242 e. The first kappa shape index (κ1) is 28.2.